The number of para-hydroxylation sites is 1. The summed E-state index contributed by atoms with van der Waals surface area (Å²) in [6.07, 6.45) is 1.74. The fourth-order valence-corrected chi connectivity index (χ4v) is 2.84. The van der Waals surface area contributed by atoms with Crippen LogP contribution in [0.15, 0.2) is 53.7 Å². The maximum atomic E-state index is 5.93. The molecule has 1 aromatic carbocycles. The van der Waals surface area contributed by atoms with Gasteiger partial charge in [-0.15, -0.1) is 11.8 Å². The van der Waals surface area contributed by atoms with Crippen LogP contribution in [0, 0.1) is 0 Å². The molecule has 0 saturated heterocycles. The zero-order valence-electron chi connectivity index (χ0n) is 9.56. The summed E-state index contributed by atoms with van der Waals surface area (Å²) in [5.74, 6) is 0.813. The lowest BCUT2D eigenvalue weighted by atomic mass is 10.3. The van der Waals surface area contributed by atoms with Gasteiger partial charge in [-0.1, -0.05) is 29.8 Å². The summed E-state index contributed by atoms with van der Waals surface area (Å²) in [4.78, 5) is 7.67. The number of rotatable bonds is 3. The number of aromatic nitrogens is 2. The van der Waals surface area contributed by atoms with Crippen LogP contribution in [0.25, 0.3) is 10.9 Å². The molecule has 3 aromatic rings. The number of fused-ring (bicyclic) bond motifs is 1. The van der Waals surface area contributed by atoms with E-state index in [0.717, 1.165) is 21.5 Å². The van der Waals surface area contributed by atoms with Gasteiger partial charge in [0, 0.05) is 27.9 Å². The number of aromatic amines is 1. The smallest absolute Gasteiger partial charge is 0.0736 e. The summed E-state index contributed by atoms with van der Waals surface area (Å²) in [5, 5.41) is 3.12. The minimum absolute atomic E-state index is 0.734. The summed E-state index contributed by atoms with van der Waals surface area (Å²) in [6, 6.07) is 14.1. The summed E-state index contributed by atoms with van der Waals surface area (Å²) in [6.45, 7) is 0. The highest BCUT2D eigenvalue weighted by Crippen LogP contribution is 2.26. The van der Waals surface area contributed by atoms with E-state index in [0.29, 0.717) is 0 Å². The number of hydrogen-bond acceptors (Lipinski definition) is 2. The number of hydrogen-bond donors (Lipinski definition) is 1. The van der Waals surface area contributed by atoms with E-state index in [1.807, 2.05) is 18.2 Å². The molecule has 2 nitrogen and oxygen atoms in total. The number of nitrogens with one attached hydrogen (secondary N) is 1. The molecule has 0 spiro atoms. The van der Waals surface area contributed by atoms with Gasteiger partial charge in [0.1, 0.15) is 0 Å². The van der Waals surface area contributed by atoms with Crippen molar-refractivity contribution in [2.75, 3.05) is 0 Å². The van der Waals surface area contributed by atoms with Gasteiger partial charge in [-0.2, -0.15) is 0 Å². The fourth-order valence-electron chi connectivity index (χ4n) is 1.80. The number of halogens is 1. The first-order chi connectivity index (χ1) is 8.81. The van der Waals surface area contributed by atoms with Crippen molar-refractivity contribution in [3.05, 3.63) is 59.4 Å². The van der Waals surface area contributed by atoms with Crippen LogP contribution in [0.3, 0.4) is 0 Å². The first-order valence-electron chi connectivity index (χ1n) is 5.62. The van der Waals surface area contributed by atoms with Crippen molar-refractivity contribution < 1.29 is 0 Å². The van der Waals surface area contributed by atoms with Gasteiger partial charge in [0.15, 0.2) is 0 Å². The van der Waals surface area contributed by atoms with E-state index in [1.54, 1.807) is 24.0 Å². The number of pyridine rings is 1. The molecule has 2 heterocycles. The van der Waals surface area contributed by atoms with Crippen LogP contribution < -0.4 is 0 Å². The standard InChI is InChI=1S/C14H11ClN2S/c15-11-5-6-16-12(8-11)9-18-14-7-10-3-1-2-4-13(10)17-14/h1-8,17H,9H2. The molecular formula is C14H11ClN2S. The molecule has 2 aromatic heterocycles. The quantitative estimate of drug-likeness (QED) is 0.712. The lowest BCUT2D eigenvalue weighted by molar-refractivity contribution is 1.16. The Bertz CT molecular complexity index is 645. The van der Waals surface area contributed by atoms with E-state index in [9.17, 15) is 0 Å². The topological polar surface area (TPSA) is 28.7 Å². The minimum Gasteiger partial charge on any atom is -0.350 e. The predicted octanol–water partition coefficient (Wildman–Crippen LogP) is 4.51. The third-order valence-corrected chi connectivity index (χ3v) is 3.87. The second-order valence-electron chi connectivity index (χ2n) is 3.97. The highest BCUT2D eigenvalue weighted by atomic mass is 35.5. The largest absolute Gasteiger partial charge is 0.350 e. The molecule has 0 aliphatic carbocycles. The van der Waals surface area contributed by atoms with E-state index < -0.39 is 0 Å². The number of nitrogens with zero attached hydrogens (tertiary/aromatic N) is 1. The molecule has 0 fully saturated rings. The first kappa shape index (κ1) is 11.6. The van der Waals surface area contributed by atoms with Crippen LogP contribution >= 0.6 is 23.4 Å². The third kappa shape index (κ3) is 2.52. The highest BCUT2D eigenvalue weighted by Gasteiger charge is 2.02. The van der Waals surface area contributed by atoms with Gasteiger partial charge in [0.05, 0.1) is 10.7 Å². The Balaban J connectivity index is 1.76. The Labute approximate surface area is 114 Å². The van der Waals surface area contributed by atoms with Crippen LogP contribution in [0.4, 0.5) is 0 Å². The molecule has 0 amide bonds. The van der Waals surface area contributed by atoms with Crippen molar-refractivity contribution in [3.8, 4) is 0 Å². The molecule has 0 saturated carbocycles. The predicted molar refractivity (Wildman–Crippen MR) is 77.1 cm³/mol. The first-order valence-corrected chi connectivity index (χ1v) is 6.98. The normalized spacial score (nSPS) is 10.9. The molecule has 18 heavy (non-hydrogen) atoms. The summed E-state index contributed by atoms with van der Waals surface area (Å²) in [7, 11) is 0. The second kappa shape index (κ2) is 5.04. The molecule has 0 unspecified atom stereocenters. The second-order valence-corrected chi connectivity index (χ2v) is 5.43. The molecule has 0 bridgehead atoms. The van der Waals surface area contributed by atoms with E-state index in [-0.39, 0.29) is 0 Å². The molecule has 0 atom stereocenters. The van der Waals surface area contributed by atoms with Crippen molar-refractivity contribution in [1.82, 2.24) is 9.97 Å². The summed E-state index contributed by atoms with van der Waals surface area (Å²) >= 11 is 7.67. The Morgan fingerprint density at radius 1 is 1.17 bits per heavy atom. The number of benzene rings is 1. The van der Waals surface area contributed by atoms with Gasteiger partial charge in [-0.3, -0.25) is 4.98 Å². The third-order valence-electron chi connectivity index (χ3n) is 2.66. The molecular weight excluding hydrogens is 264 g/mol. The molecule has 1 N–H and O–H groups in total. The van der Waals surface area contributed by atoms with Crippen molar-refractivity contribution in [3.63, 3.8) is 0 Å². The zero-order chi connectivity index (χ0) is 12.4. The van der Waals surface area contributed by atoms with Crippen molar-refractivity contribution in [2.45, 2.75) is 10.8 Å². The maximum Gasteiger partial charge on any atom is 0.0736 e. The van der Waals surface area contributed by atoms with Gasteiger partial charge < -0.3 is 4.98 Å². The molecule has 4 heteroatoms. The molecule has 0 radical (unpaired) electrons. The van der Waals surface area contributed by atoms with Gasteiger partial charge in [-0.25, -0.2) is 0 Å². The Kier molecular flexibility index (Phi) is 3.26. The summed E-state index contributed by atoms with van der Waals surface area (Å²) < 4.78 is 0. The van der Waals surface area contributed by atoms with E-state index in [2.05, 4.69) is 28.2 Å². The summed E-state index contributed by atoms with van der Waals surface area (Å²) in [5.41, 5.74) is 2.16. The molecule has 0 aliphatic heterocycles. The lowest BCUT2D eigenvalue weighted by Gasteiger charge is -1.99. The zero-order valence-corrected chi connectivity index (χ0v) is 11.1. The van der Waals surface area contributed by atoms with Gasteiger partial charge in [0.2, 0.25) is 0 Å². The van der Waals surface area contributed by atoms with Crippen LogP contribution in [0.2, 0.25) is 5.02 Å². The number of H-pyrrole nitrogens is 1. The van der Waals surface area contributed by atoms with Gasteiger partial charge in [-0.05, 0) is 24.3 Å². The monoisotopic (exact) mass is 274 g/mol. The average molecular weight is 275 g/mol. The SMILES string of the molecule is Clc1ccnc(CSc2cc3ccccc3[nH]2)c1. The van der Waals surface area contributed by atoms with Crippen molar-refractivity contribution in [2.24, 2.45) is 0 Å². The van der Waals surface area contributed by atoms with Crippen molar-refractivity contribution >= 4 is 34.3 Å². The fraction of sp³-hybridized carbons (Fsp3) is 0.0714. The highest BCUT2D eigenvalue weighted by molar-refractivity contribution is 7.98. The van der Waals surface area contributed by atoms with Crippen molar-refractivity contribution in [1.29, 1.82) is 0 Å². The minimum atomic E-state index is 0.734. The van der Waals surface area contributed by atoms with Crippen LogP contribution in [-0.2, 0) is 5.75 Å². The number of thioether (sulfide) groups is 1. The lowest BCUT2D eigenvalue weighted by Crippen LogP contribution is -1.85. The Morgan fingerprint density at radius 3 is 2.89 bits per heavy atom. The average Bonchev–Trinajstić information content (AvgIpc) is 2.79. The van der Waals surface area contributed by atoms with Crippen LogP contribution in [-0.4, -0.2) is 9.97 Å². The molecule has 0 aliphatic rings. The maximum absolute atomic E-state index is 5.93. The Hall–Kier alpha value is -1.45. The molecule has 90 valence electrons. The van der Waals surface area contributed by atoms with E-state index in [1.165, 1.54) is 10.9 Å². The van der Waals surface area contributed by atoms with Gasteiger partial charge >= 0.3 is 0 Å². The van der Waals surface area contributed by atoms with E-state index >= 15 is 0 Å². The van der Waals surface area contributed by atoms with Crippen LogP contribution in [0.5, 0.6) is 0 Å². The Morgan fingerprint density at radius 2 is 2.06 bits per heavy atom. The van der Waals surface area contributed by atoms with Gasteiger partial charge in [0.25, 0.3) is 0 Å². The van der Waals surface area contributed by atoms with Crippen LogP contribution in [0.1, 0.15) is 5.69 Å². The molecule has 3 rings (SSSR count). The van der Waals surface area contributed by atoms with E-state index in [4.69, 9.17) is 11.6 Å².